The highest BCUT2D eigenvalue weighted by atomic mass is 28.2. The first-order chi connectivity index (χ1) is 11.3. The van der Waals surface area contributed by atoms with Crippen molar-refractivity contribution in [3.8, 4) is 0 Å². The Morgan fingerprint density at radius 2 is 1.21 bits per heavy atom. The summed E-state index contributed by atoms with van der Waals surface area (Å²) in [5, 5.41) is 0. The predicted octanol–water partition coefficient (Wildman–Crippen LogP) is 0.255. The average molecular weight is 381 g/mol. The molecule has 0 bridgehead atoms. The topological polar surface area (TPSA) is 83.2 Å². The van der Waals surface area contributed by atoms with Crippen LogP contribution in [-0.4, -0.2) is 82.3 Å². The van der Waals surface area contributed by atoms with Crippen LogP contribution in [0.15, 0.2) is 0 Å². The number of urea groups is 1. The average Bonchev–Trinajstić information content (AvgIpc) is 2.59. The van der Waals surface area contributed by atoms with Crippen LogP contribution >= 0.6 is 0 Å². The van der Waals surface area contributed by atoms with Gasteiger partial charge in [0.15, 0.2) is 0 Å². The number of methoxy groups -OCH3 is 4. The Bertz CT molecular complexity index is 327. The van der Waals surface area contributed by atoms with Crippen LogP contribution in [0.5, 0.6) is 0 Å². The van der Waals surface area contributed by atoms with Crippen LogP contribution in [0.25, 0.3) is 0 Å². The third kappa shape index (κ3) is 9.14. The summed E-state index contributed by atoms with van der Waals surface area (Å²) in [6.07, 6.45) is 1.87. The van der Waals surface area contributed by atoms with Crippen LogP contribution in [0.1, 0.15) is 26.7 Å². The van der Waals surface area contributed by atoms with Gasteiger partial charge in [0.05, 0.1) is 19.0 Å². The van der Waals surface area contributed by atoms with E-state index in [1.165, 1.54) is 0 Å². The molecule has 0 saturated carbocycles. The molecule has 24 heavy (non-hydrogen) atoms. The summed E-state index contributed by atoms with van der Waals surface area (Å²) in [7, 11) is 5.61. The molecule has 0 aromatic heterocycles. The molecule has 0 rings (SSSR count). The Morgan fingerprint density at radius 1 is 0.875 bits per heavy atom. The summed E-state index contributed by atoms with van der Waals surface area (Å²) in [4.78, 5) is 13.3. The van der Waals surface area contributed by atoms with E-state index < -0.39 is 29.9 Å². The number of rotatable bonds is 14. The van der Waals surface area contributed by atoms with Gasteiger partial charge in [0, 0.05) is 41.5 Å². The first-order valence-corrected chi connectivity index (χ1v) is 11.9. The standard InChI is InChI=1S/C15H36N2O5Si2/c1-14(19-3,20-4)23-11-7-9-17(13(16)18)10-8-12-24-15(2,21-5)22-6/h7-12,23-24H2,1-6H3,(H2,16,18). The smallest absolute Gasteiger partial charge is 0.314 e. The summed E-state index contributed by atoms with van der Waals surface area (Å²) >= 11 is 0. The van der Waals surface area contributed by atoms with Crippen molar-refractivity contribution in [3.05, 3.63) is 0 Å². The fourth-order valence-corrected chi connectivity index (χ4v) is 5.45. The van der Waals surface area contributed by atoms with Gasteiger partial charge < -0.3 is 29.6 Å². The summed E-state index contributed by atoms with van der Waals surface area (Å²) in [6.45, 7) is 5.33. The summed E-state index contributed by atoms with van der Waals surface area (Å²) in [6, 6.07) is 1.74. The molecular formula is C15H36N2O5Si2. The van der Waals surface area contributed by atoms with Gasteiger partial charge in [-0.25, -0.2) is 4.79 Å². The lowest BCUT2D eigenvalue weighted by atomic mass is 10.4. The number of nitrogens with zero attached hydrogens (tertiary/aromatic N) is 1. The lowest BCUT2D eigenvalue weighted by Crippen LogP contribution is -2.40. The highest BCUT2D eigenvalue weighted by Gasteiger charge is 2.23. The van der Waals surface area contributed by atoms with Gasteiger partial charge in [0.1, 0.15) is 10.8 Å². The minimum absolute atomic E-state index is 0.346. The number of hydrogen-bond acceptors (Lipinski definition) is 5. The van der Waals surface area contributed by atoms with Gasteiger partial charge in [-0.15, -0.1) is 0 Å². The van der Waals surface area contributed by atoms with Gasteiger partial charge >= 0.3 is 6.03 Å². The Labute approximate surface area is 151 Å². The largest absolute Gasteiger partial charge is 0.358 e. The number of carbonyl (C=O) groups is 1. The van der Waals surface area contributed by atoms with Crippen molar-refractivity contribution in [1.29, 1.82) is 0 Å². The highest BCUT2D eigenvalue weighted by molar-refractivity contribution is 6.39. The van der Waals surface area contributed by atoms with Gasteiger partial charge in [-0.1, -0.05) is 12.1 Å². The van der Waals surface area contributed by atoms with E-state index in [1.54, 1.807) is 33.3 Å². The maximum Gasteiger partial charge on any atom is 0.314 e. The van der Waals surface area contributed by atoms with Gasteiger partial charge in [-0.3, -0.25) is 0 Å². The van der Waals surface area contributed by atoms with Gasteiger partial charge in [0.25, 0.3) is 0 Å². The molecule has 0 spiro atoms. The third-order valence-corrected chi connectivity index (χ3v) is 9.34. The second-order valence-corrected chi connectivity index (χ2v) is 11.3. The number of amides is 2. The Balaban J connectivity index is 4.09. The first-order valence-electron chi connectivity index (χ1n) is 8.51. The SMILES string of the molecule is COC(C)(OC)[SiH2]CCCN(CCC[SiH2]C(C)(OC)OC)C(N)=O. The number of nitrogens with two attached hydrogens (primary N) is 1. The molecule has 2 amide bonds. The van der Waals surface area contributed by atoms with Crippen LogP contribution in [0.4, 0.5) is 4.79 Å². The molecule has 0 heterocycles. The van der Waals surface area contributed by atoms with E-state index in [9.17, 15) is 4.79 Å². The molecule has 0 aromatic carbocycles. The maximum atomic E-state index is 11.6. The molecule has 144 valence electrons. The quantitative estimate of drug-likeness (QED) is 0.265. The molecule has 0 atom stereocenters. The lowest BCUT2D eigenvalue weighted by Gasteiger charge is -2.27. The van der Waals surface area contributed by atoms with Crippen LogP contribution in [0.2, 0.25) is 12.1 Å². The summed E-state index contributed by atoms with van der Waals surface area (Å²) in [5.74, 6) is 0. The van der Waals surface area contributed by atoms with Crippen LogP contribution in [0.3, 0.4) is 0 Å². The molecule has 0 unspecified atom stereocenters. The van der Waals surface area contributed by atoms with E-state index in [-0.39, 0.29) is 6.03 Å². The monoisotopic (exact) mass is 380 g/mol. The zero-order valence-corrected chi connectivity index (χ0v) is 19.1. The Kier molecular flexibility index (Phi) is 11.8. The minimum atomic E-state index is -0.537. The molecule has 0 fully saturated rings. The molecule has 7 nitrogen and oxygen atoms in total. The summed E-state index contributed by atoms with van der Waals surface area (Å²) in [5.41, 5.74) is 4.64. The second kappa shape index (κ2) is 12.0. The van der Waals surface area contributed by atoms with Crippen molar-refractivity contribution in [2.45, 2.75) is 49.6 Å². The van der Waals surface area contributed by atoms with Crippen LogP contribution < -0.4 is 5.73 Å². The number of primary amides is 1. The molecule has 9 heteroatoms. The maximum absolute atomic E-state index is 11.6. The second-order valence-electron chi connectivity index (χ2n) is 6.32. The molecule has 0 radical (unpaired) electrons. The molecule has 0 aliphatic carbocycles. The Morgan fingerprint density at radius 3 is 1.46 bits per heavy atom. The van der Waals surface area contributed by atoms with Crippen molar-refractivity contribution >= 4 is 25.1 Å². The van der Waals surface area contributed by atoms with Crippen molar-refractivity contribution in [3.63, 3.8) is 0 Å². The predicted molar refractivity (Wildman–Crippen MR) is 102 cm³/mol. The molecule has 0 aliphatic heterocycles. The number of ether oxygens (including phenoxy) is 4. The molecule has 2 N–H and O–H groups in total. The highest BCUT2D eigenvalue weighted by Crippen LogP contribution is 2.13. The van der Waals surface area contributed by atoms with Crippen molar-refractivity contribution in [1.82, 2.24) is 4.90 Å². The number of hydrogen-bond donors (Lipinski definition) is 1. The van der Waals surface area contributed by atoms with Crippen LogP contribution in [-0.2, 0) is 18.9 Å². The third-order valence-electron chi connectivity index (χ3n) is 4.66. The fraction of sp³-hybridized carbons (Fsp3) is 0.933. The molecule has 0 saturated heterocycles. The number of carbonyl (C=O) groups excluding carboxylic acids is 1. The zero-order valence-electron chi connectivity index (χ0n) is 16.2. The lowest BCUT2D eigenvalue weighted by molar-refractivity contribution is -0.131. The zero-order chi connectivity index (χ0) is 18.6. The molecule has 0 aromatic rings. The van der Waals surface area contributed by atoms with Crippen molar-refractivity contribution < 1.29 is 23.7 Å². The van der Waals surface area contributed by atoms with Gasteiger partial charge in [-0.05, 0) is 26.7 Å². The first kappa shape index (κ1) is 23.5. The van der Waals surface area contributed by atoms with Crippen molar-refractivity contribution in [2.24, 2.45) is 5.73 Å². The molecular weight excluding hydrogens is 344 g/mol. The van der Waals surface area contributed by atoms with E-state index in [2.05, 4.69) is 0 Å². The van der Waals surface area contributed by atoms with E-state index in [4.69, 9.17) is 24.7 Å². The van der Waals surface area contributed by atoms with Gasteiger partial charge in [-0.2, -0.15) is 0 Å². The van der Waals surface area contributed by atoms with Crippen molar-refractivity contribution in [2.75, 3.05) is 41.5 Å². The van der Waals surface area contributed by atoms with E-state index in [1.807, 2.05) is 13.8 Å². The fourth-order valence-electron chi connectivity index (χ4n) is 2.40. The molecule has 0 aliphatic rings. The Hall–Kier alpha value is -0.456. The van der Waals surface area contributed by atoms with E-state index in [0.717, 1.165) is 24.9 Å². The van der Waals surface area contributed by atoms with E-state index in [0.29, 0.717) is 13.1 Å². The minimum Gasteiger partial charge on any atom is -0.358 e. The van der Waals surface area contributed by atoms with Gasteiger partial charge in [0.2, 0.25) is 0 Å². The van der Waals surface area contributed by atoms with Crippen LogP contribution in [0, 0.1) is 0 Å². The van der Waals surface area contributed by atoms with E-state index >= 15 is 0 Å². The summed E-state index contributed by atoms with van der Waals surface area (Å²) < 4.78 is 21.6. The normalized spacial score (nSPS) is 13.4.